The van der Waals surface area contributed by atoms with Gasteiger partial charge in [0.15, 0.2) is 6.61 Å². The number of piperidine rings is 2. The van der Waals surface area contributed by atoms with Gasteiger partial charge in [-0.05, 0) is 62.4 Å². The molecule has 2 aliphatic rings. The molecule has 0 radical (unpaired) electrons. The highest BCUT2D eigenvalue weighted by atomic mass is 16.5. The number of amides is 3. The van der Waals surface area contributed by atoms with Crippen molar-refractivity contribution in [3.63, 3.8) is 0 Å². The highest BCUT2D eigenvalue weighted by Gasteiger charge is 2.28. The zero-order valence-corrected chi connectivity index (χ0v) is 18.9. The van der Waals surface area contributed by atoms with E-state index in [0.29, 0.717) is 42.9 Å². The van der Waals surface area contributed by atoms with Crippen molar-refractivity contribution in [2.45, 2.75) is 32.1 Å². The topological polar surface area (TPSA) is 79.0 Å². The number of rotatable bonds is 6. The van der Waals surface area contributed by atoms with Crippen LogP contribution in [0.1, 0.15) is 42.5 Å². The summed E-state index contributed by atoms with van der Waals surface area (Å²) in [6.45, 7) is 2.65. The Labute approximate surface area is 194 Å². The number of anilines is 1. The van der Waals surface area contributed by atoms with Gasteiger partial charge in [-0.1, -0.05) is 24.3 Å². The number of hydrogen-bond acceptors (Lipinski definition) is 4. The average Bonchev–Trinajstić information content (AvgIpc) is 2.88. The van der Waals surface area contributed by atoms with Gasteiger partial charge in [0, 0.05) is 43.3 Å². The lowest BCUT2D eigenvalue weighted by Crippen LogP contribution is -2.43. The second kappa shape index (κ2) is 11.0. The first-order chi connectivity index (χ1) is 16.1. The van der Waals surface area contributed by atoms with Crippen molar-refractivity contribution < 1.29 is 19.1 Å². The molecular weight excluding hydrogens is 418 g/mol. The number of hydrogen-bond donors (Lipinski definition) is 1. The summed E-state index contributed by atoms with van der Waals surface area (Å²) in [6.07, 6.45) is 4.47. The van der Waals surface area contributed by atoms with Crippen molar-refractivity contribution in [2.24, 2.45) is 5.92 Å². The number of nitrogens with zero attached hydrogens (tertiary/aromatic N) is 2. The molecule has 0 unspecified atom stereocenters. The normalized spacial score (nSPS) is 16.8. The molecule has 2 fully saturated rings. The molecule has 0 bridgehead atoms. The van der Waals surface area contributed by atoms with Gasteiger partial charge < -0.3 is 19.9 Å². The third-order valence-electron chi connectivity index (χ3n) is 6.34. The van der Waals surface area contributed by atoms with Gasteiger partial charge >= 0.3 is 0 Å². The van der Waals surface area contributed by atoms with Crippen LogP contribution in [0, 0.1) is 5.92 Å². The molecule has 7 heteroatoms. The van der Waals surface area contributed by atoms with E-state index in [-0.39, 0.29) is 30.2 Å². The standard InChI is InChI=1S/C26H31N3O4/c30-24(19-33-23-10-3-1-4-11-23)28-16-12-20(13-17-28)25(31)27-22-9-7-8-21(18-22)26(32)29-14-5-2-6-15-29/h1,3-4,7-11,18,20H,2,5-6,12-17,19H2,(H,27,31). The maximum absolute atomic E-state index is 12.8. The second-order valence-electron chi connectivity index (χ2n) is 8.68. The van der Waals surface area contributed by atoms with Gasteiger partial charge in [-0.15, -0.1) is 0 Å². The summed E-state index contributed by atoms with van der Waals surface area (Å²) in [6, 6.07) is 16.4. The zero-order valence-electron chi connectivity index (χ0n) is 18.9. The van der Waals surface area contributed by atoms with Gasteiger partial charge in [0.2, 0.25) is 5.91 Å². The molecule has 2 aliphatic heterocycles. The number of carbonyl (C=O) groups excluding carboxylic acids is 3. The molecule has 33 heavy (non-hydrogen) atoms. The number of carbonyl (C=O) groups is 3. The molecule has 0 aliphatic carbocycles. The van der Waals surface area contributed by atoms with E-state index in [9.17, 15) is 14.4 Å². The maximum atomic E-state index is 12.8. The smallest absolute Gasteiger partial charge is 0.260 e. The quantitative estimate of drug-likeness (QED) is 0.731. The molecule has 3 amide bonds. The molecule has 174 valence electrons. The van der Waals surface area contributed by atoms with Crippen LogP contribution in [0.25, 0.3) is 0 Å². The number of likely N-dealkylation sites (tertiary alicyclic amines) is 2. The Morgan fingerprint density at radius 1 is 0.848 bits per heavy atom. The Hall–Kier alpha value is -3.35. The van der Waals surface area contributed by atoms with Crippen LogP contribution in [0.5, 0.6) is 5.75 Å². The minimum Gasteiger partial charge on any atom is -0.484 e. The Bertz CT molecular complexity index is 965. The van der Waals surface area contributed by atoms with Crippen LogP contribution in [0.3, 0.4) is 0 Å². The van der Waals surface area contributed by atoms with E-state index in [1.54, 1.807) is 23.1 Å². The van der Waals surface area contributed by atoms with E-state index in [1.807, 2.05) is 41.3 Å². The molecule has 1 N–H and O–H groups in total. The third kappa shape index (κ3) is 6.12. The highest BCUT2D eigenvalue weighted by molar-refractivity contribution is 5.97. The summed E-state index contributed by atoms with van der Waals surface area (Å²) in [5.74, 6) is 0.397. The summed E-state index contributed by atoms with van der Waals surface area (Å²) < 4.78 is 5.55. The third-order valence-corrected chi connectivity index (χ3v) is 6.34. The average molecular weight is 450 g/mol. The lowest BCUT2D eigenvalue weighted by molar-refractivity contribution is -0.136. The fraction of sp³-hybridized carbons (Fsp3) is 0.423. The zero-order chi connectivity index (χ0) is 23.0. The van der Waals surface area contributed by atoms with Crippen molar-refractivity contribution in [1.82, 2.24) is 9.80 Å². The number of para-hydroxylation sites is 1. The monoisotopic (exact) mass is 449 g/mol. The SMILES string of the molecule is O=C(Nc1cccc(C(=O)N2CCCCC2)c1)C1CCN(C(=O)COc2ccccc2)CC1. The first kappa shape index (κ1) is 22.8. The number of nitrogens with one attached hydrogen (secondary N) is 1. The minimum absolute atomic E-state index is 0.00127. The lowest BCUT2D eigenvalue weighted by atomic mass is 9.95. The van der Waals surface area contributed by atoms with Crippen molar-refractivity contribution in [2.75, 3.05) is 38.1 Å². The van der Waals surface area contributed by atoms with Crippen molar-refractivity contribution in [3.8, 4) is 5.75 Å². The van der Waals surface area contributed by atoms with Gasteiger partial charge in [-0.3, -0.25) is 14.4 Å². The van der Waals surface area contributed by atoms with Crippen molar-refractivity contribution in [1.29, 1.82) is 0 Å². The summed E-state index contributed by atoms with van der Waals surface area (Å²) >= 11 is 0. The van der Waals surface area contributed by atoms with Gasteiger partial charge in [0.25, 0.3) is 11.8 Å². The molecule has 2 aromatic carbocycles. The fourth-order valence-corrected chi connectivity index (χ4v) is 4.40. The van der Waals surface area contributed by atoms with E-state index in [2.05, 4.69) is 5.32 Å². The second-order valence-corrected chi connectivity index (χ2v) is 8.68. The van der Waals surface area contributed by atoms with E-state index < -0.39 is 0 Å². The lowest BCUT2D eigenvalue weighted by Gasteiger charge is -2.31. The summed E-state index contributed by atoms with van der Waals surface area (Å²) in [5.41, 5.74) is 1.24. The Kier molecular flexibility index (Phi) is 7.60. The maximum Gasteiger partial charge on any atom is 0.260 e. The molecule has 4 rings (SSSR count). The van der Waals surface area contributed by atoms with Crippen molar-refractivity contribution in [3.05, 3.63) is 60.2 Å². The van der Waals surface area contributed by atoms with Crippen LogP contribution < -0.4 is 10.1 Å². The fourth-order valence-electron chi connectivity index (χ4n) is 4.40. The van der Waals surface area contributed by atoms with Gasteiger partial charge in [0.05, 0.1) is 0 Å². The molecular formula is C26H31N3O4. The largest absolute Gasteiger partial charge is 0.484 e. The predicted octanol–water partition coefficient (Wildman–Crippen LogP) is 3.57. The number of benzene rings is 2. The molecule has 0 aromatic heterocycles. The molecule has 0 atom stereocenters. The molecule has 2 aromatic rings. The predicted molar refractivity (Wildman–Crippen MR) is 126 cm³/mol. The molecule has 7 nitrogen and oxygen atoms in total. The van der Waals surface area contributed by atoms with Crippen LogP contribution in [-0.2, 0) is 9.59 Å². The highest BCUT2D eigenvalue weighted by Crippen LogP contribution is 2.21. The van der Waals surface area contributed by atoms with E-state index in [4.69, 9.17) is 4.74 Å². The van der Waals surface area contributed by atoms with Crippen LogP contribution in [0.2, 0.25) is 0 Å². The van der Waals surface area contributed by atoms with Crippen LogP contribution >= 0.6 is 0 Å². The van der Waals surface area contributed by atoms with Crippen molar-refractivity contribution >= 4 is 23.4 Å². The van der Waals surface area contributed by atoms with E-state index in [1.165, 1.54) is 6.42 Å². The minimum atomic E-state index is -0.162. The first-order valence-corrected chi connectivity index (χ1v) is 11.8. The first-order valence-electron chi connectivity index (χ1n) is 11.8. The number of ether oxygens (including phenoxy) is 1. The van der Waals surface area contributed by atoms with Crippen LogP contribution in [-0.4, -0.2) is 60.3 Å². The summed E-state index contributed by atoms with van der Waals surface area (Å²) in [5, 5.41) is 2.96. The Morgan fingerprint density at radius 2 is 1.58 bits per heavy atom. The Morgan fingerprint density at radius 3 is 2.30 bits per heavy atom. The van der Waals surface area contributed by atoms with Gasteiger partial charge in [-0.25, -0.2) is 0 Å². The molecule has 0 spiro atoms. The summed E-state index contributed by atoms with van der Waals surface area (Å²) in [7, 11) is 0. The Balaban J connectivity index is 1.25. The van der Waals surface area contributed by atoms with E-state index >= 15 is 0 Å². The summed E-state index contributed by atoms with van der Waals surface area (Å²) in [4.78, 5) is 41.6. The van der Waals surface area contributed by atoms with Gasteiger partial charge in [0.1, 0.15) is 5.75 Å². The van der Waals surface area contributed by atoms with Crippen LogP contribution in [0.4, 0.5) is 5.69 Å². The van der Waals surface area contributed by atoms with E-state index in [0.717, 1.165) is 25.9 Å². The van der Waals surface area contributed by atoms with Gasteiger partial charge in [-0.2, -0.15) is 0 Å². The molecule has 2 saturated heterocycles. The van der Waals surface area contributed by atoms with Crippen LogP contribution in [0.15, 0.2) is 54.6 Å². The molecule has 0 saturated carbocycles. The molecule has 2 heterocycles.